The average molecular weight is 245 g/mol. The smallest absolute Gasteiger partial charge is 0.225 e. The fourth-order valence-electron chi connectivity index (χ4n) is 3.47. The minimum absolute atomic E-state index is 0.0600. The van der Waals surface area contributed by atoms with Crippen LogP contribution < -0.4 is 10.1 Å². The van der Waals surface area contributed by atoms with Crippen molar-refractivity contribution in [3.8, 4) is 5.75 Å². The maximum atomic E-state index is 11.9. The third-order valence-electron chi connectivity index (χ3n) is 4.38. The van der Waals surface area contributed by atoms with Crippen molar-refractivity contribution >= 4 is 11.6 Å². The second-order valence-corrected chi connectivity index (χ2v) is 5.48. The Morgan fingerprint density at radius 1 is 1.22 bits per heavy atom. The van der Waals surface area contributed by atoms with Gasteiger partial charge in [0.15, 0.2) is 0 Å². The van der Waals surface area contributed by atoms with Gasteiger partial charge in [0.2, 0.25) is 5.91 Å². The van der Waals surface area contributed by atoms with Crippen LogP contribution in [-0.2, 0) is 10.2 Å². The van der Waals surface area contributed by atoms with Crippen LogP contribution >= 0.6 is 0 Å². The highest BCUT2D eigenvalue weighted by molar-refractivity contribution is 5.95. The van der Waals surface area contributed by atoms with Gasteiger partial charge in [0.1, 0.15) is 5.75 Å². The van der Waals surface area contributed by atoms with Gasteiger partial charge in [-0.25, -0.2) is 0 Å². The van der Waals surface area contributed by atoms with E-state index in [1.54, 1.807) is 7.11 Å². The zero-order valence-electron chi connectivity index (χ0n) is 10.8. The highest BCUT2D eigenvalue weighted by Crippen LogP contribution is 2.48. The summed E-state index contributed by atoms with van der Waals surface area (Å²) in [7, 11) is 1.69. The van der Waals surface area contributed by atoms with Crippen LogP contribution in [0.3, 0.4) is 0 Å². The van der Waals surface area contributed by atoms with E-state index in [1.165, 1.54) is 24.8 Å². The van der Waals surface area contributed by atoms with Crippen LogP contribution in [0.25, 0.3) is 0 Å². The van der Waals surface area contributed by atoms with Gasteiger partial charge in [-0.2, -0.15) is 0 Å². The minimum atomic E-state index is 0.0600. The summed E-state index contributed by atoms with van der Waals surface area (Å²) in [6, 6.07) is 6.00. The molecule has 0 unspecified atom stereocenters. The summed E-state index contributed by atoms with van der Waals surface area (Å²) in [5.74, 6) is 1.05. The summed E-state index contributed by atoms with van der Waals surface area (Å²) in [4.78, 5) is 11.9. The zero-order valence-corrected chi connectivity index (χ0v) is 10.8. The van der Waals surface area contributed by atoms with Gasteiger partial charge in [-0.05, 0) is 36.6 Å². The van der Waals surface area contributed by atoms with E-state index in [-0.39, 0.29) is 11.3 Å². The highest BCUT2D eigenvalue weighted by Gasteiger charge is 2.40. The molecular weight excluding hydrogens is 226 g/mol. The monoisotopic (exact) mass is 245 g/mol. The molecule has 1 aliphatic carbocycles. The summed E-state index contributed by atoms with van der Waals surface area (Å²) in [6.45, 7) is 0. The lowest BCUT2D eigenvalue weighted by Gasteiger charge is -2.41. The fraction of sp³-hybridized carbons (Fsp3) is 0.533. The van der Waals surface area contributed by atoms with Crippen LogP contribution in [0, 0.1) is 0 Å². The van der Waals surface area contributed by atoms with Crippen molar-refractivity contribution < 1.29 is 9.53 Å². The molecule has 0 atom stereocenters. The van der Waals surface area contributed by atoms with E-state index in [9.17, 15) is 4.79 Å². The first-order valence-corrected chi connectivity index (χ1v) is 6.72. The molecule has 18 heavy (non-hydrogen) atoms. The molecule has 1 heterocycles. The molecule has 1 amide bonds. The predicted octanol–water partition coefficient (Wildman–Crippen LogP) is 3.24. The molecule has 1 N–H and O–H groups in total. The topological polar surface area (TPSA) is 38.3 Å². The number of ether oxygens (including phenoxy) is 1. The number of anilines is 1. The molecule has 3 nitrogen and oxygen atoms in total. The highest BCUT2D eigenvalue weighted by atomic mass is 16.5. The van der Waals surface area contributed by atoms with Gasteiger partial charge in [-0.15, -0.1) is 0 Å². The van der Waals surface area contributed by atoms with Crippen molar-refractivity contribution in [3.63, 3.8) is 0 Å². The summed E-state index contributed by atoms with van der Waals surface area (Å²) in [5.41, 5.74) is 2.32. The van der Waals surface area contributed by atoms with Crippen LogP contribution in [-0.4, -0.2) is 13.0 Å². The molecule has 1 spiro atoms. The van der Waals surface area contributed by atoms with Gasteiger partial charge in [-0.3, -0.25) is 4.79 Å². The molecule has 1 aromatic rings. The Labute approximate surface area is 108 Å². The first-order valence-electron chi connectivity index (χ1n) is 6.72. The molecule has 0 bridgehead atoms. The second-order valence-electron chi connectivity index (χ2n) is 5.48. The van der Waals surface area contributed by atoms with Gasteiger partial charge in [-0.1, -0.05) is 19.3 Å². The zero-order chi connectivity index (χ0) is 12.6. The van der Waals surface area contributed by atoms with Gasteiger partial charge in [0.25, 0.3) is 0 Å². The Hall–Kier alpha value is -1.51. The fourth-order valence-corrected chi connectivity index (χ4v) is 3.47. The number of nitrogens with one attached hydrogen (secondary N) is 1. The van der Waals surface area contributed by atoms with Crippen LogP contribution in [0.1, 0.15) is 44.1 Å². The first-order chi connectivity index (χ1) is 8.73. The lowest BCUT2D eigenvalue weighted by atomic mass is 9.65. The van der Waals surface area contributed by atoms with E-state index < -0.39 is 0 Å². The van der Waals surface area contributed by atoms with Gasteiger partial charge in [0, 0.05) is 17.5 Å². The molecule has 0 aromatic heterocycles. The summed E-state index contributed by atoms with van der Waals surface area (Å²) >= 11 is 0. The molecule has 0 radical (unpaired) electrons. The number of hydrogen-bond donors (Lipinski definition) is 1. The van der Waals surface area contributed by atoms with E-state index in [0.717, 1.165) is 24.3 Å². The van der Waals surface area contributed by atoms with Crippen LogP contribution in [0.4, 0.5) is 5.69 Å². The Balaban J connectivity index is 2.09. The van der Waals surface area contributed by atoms with Gasteiger partial charge in [0.05, 0.1) is 7.11 Å². The quantitative estimate of drug-likeness (QED) is 0.824. The van der Waals surface area contributed by atoms with E-state index in [2.05, 4.69) is 11.4 Å². The first kappa shape index (κ1) is 11.6. The van der Waals surface area contributed by atoms with Crippen molar-refractivity contribution in [2.24, 2.45) is 0 Å². The lowest BCUT2D eigenvalue weighted by Crippen LogP contribution is -2.38. The van der Waals surface area contributed by atoms with E-state index in [1.807, 2.05) is 12.1 Å². The number of methoxy groups -OCH3 is 1. The molecule has 3 heteroatoms. The van der Waals surface area contributed by atoms with Crippen molar-refractivity contribution in [2.75, 3.05) is 12.4 Å². The molecule has 1 aliphatic heterocycles. The standard InChI is InChI=1S/C15H19NO2/c1-18-11-5-6-13-12(9-11)15(10-14(17)16-13)7-3-2-4-8-15/h5-6,9H,2-4,7-8,10H2,1H3,(H,16,17). The molecule has 2 aliphatic rings. The van der Waals surface area contributed by atoms with E-state index in [4.69, 9.17) is 4.74 Å². The van der Waals surface area contributed by atoms with E-state index >= 15 is 0 Å². The van der Waals surface area contributed by atoms with Crippen molar-refractivity contribution in [1.82, 2.24) is 0 Å². The second kappa shape index (κ2) is 4.30. The molecule has 1 saturated carbocycles. The van der Waals surface area contributed by atoms with E-state index in [0.29, 0.717) is 6.42 Å². The summed E-state index contributed by atoms with van der Waals surface area (Å²) in [6.07, 6.45) is 6.63. The Kier molecular flexibility index (Phi) is 2.77. The Morgan fingerprint density at radius 3 is 2.72 bits per heavy atom. The molecule has 96 valence electrons. The maximum Gasteiger partial charge on any atom is 0.225 e. The number of carbonyl (C=O) groups is 1. The normalized spacial score (nSPS) is 21.3. The number of rotatable bonds is 1. The van der Waals surface area contributed by atoms with Crippen LogP contribution in [0.15, 0.2) is 18.2 Å². The molecule has 0 saturated heterocycles. The number of fused-ring (bicyclic) bond motifs is 2. The molecule has 3 rings (SSSR count). The van der Waals surface area contributed by atoms with Crippen molar-refractivity contribution in [2.45, 2.75) is 43.9 Å². The molecule has 1 aromatic carbocycles. The number of carbonyl (C=O) groups excluding carboxylic acids is 1. The van der Waals surface area contributed by atoms with Gasteiger partial charge >= 0.3 is 0 Å². The Bertz CT molecular complexity index is 475. The minimum Gasteiger partial charge on any atom is -0.497 e. The van der Waals surface area contributed by atoms with Crippen LogP contribution in [0.5, 0.6) is 5.75 Å². The third kappa shape index (κ3) is 1.78. The largest absolute Gasteiger partial charge is 0.497 e. The predicted molar refractivity (Wildman–Crippen MR) is 71.0 cm³/mol. The maximum absolute atomic E-state index is 11.9. The molecular formula is C15H19NO2. The number of amides is 1. The number of benzene rings is 1. The summed E-state index contributed by atoms with van der Waals surface area (Å²) < 4.78 is 5.33. The summed E-state index contributed by atoms with van der Waals surface area (Å²) in [5, 5.41) is 2.99. The van der Waals surface area contributed by atoms with Crippen LogP contribution in [0.2, 0.25) is 0 Å². The average Bonchev–Trinajstić information content (AvgIpc) is 2.39. The third-order valence-corrected chi connectivity index (χ3v) is 4.38. The Morgan fingerprint density at radius 2 is 2.00 bits per heavy atom. The lowest BCUT2D eigenvalue weighted by molar-refractivity contribution is -0.118. The number of hydrogen-bond acceptors (Lipinski definition) is 2. The SMILES string of the molecule is COc1ccc2c(c1)C1(CCCCC1)CC(=O)N2. The van der Waals surface area contributed by atoms with Crippen molar-refractivity contribution in [3.05, 3.63) is 23.8 Å². The molecule has 1 fully saturated rings. The van der Waals surface area contributed by atoms with Gasteiger partial charge < -0.3 is 10.1 Å². The van der Waals surface area contributed by atoms with Crippen molar-refractivity contribution in [1.29, 1.82) is 0 Å².